The highest BCUT2D eigenvalue weighted by molar-refractivity contribution is 6.31. The van der Waals surface area contributed by atoms with Crippen LogP contribution in [0.25, 0.3) is 16.5 Å². The maximum atomic E-state index is 13.3. The second-order valence-electron chi connectivity index (χ2n) is 8.49. The summed E-state index contributed by atoms with van der Waals surface area (Å²) in [7, 11) is 0. The minimum atomic E-state index is -0.228. The summed E-state index contributed by atoms with van der Waals surface area (Å²) in [5.74, 6) is 0.204. The van der Waals surface area contributed by atoms with E-state index in [1.54, 1.807) is 0 Å². The van der Waals surface area contributed by atoms with E-state index in [1.807, 2.05) is 42.6 Å². The molecule has 1 atom stereocenters. The molecule has 0 bridgehead atoms. The minimum absolute atomic E-state index is 0.0695. The van der Waals surface area contributed by atoms with Gasteiger partial charge in [0.25, 0.3) is 0 Å². The minimum Gasteiger partial charge on any atom is -0.373 e. The largest absolute Gasteiger partial charge is 0.373 e. The van der Waals surface area contributed by atoms with Gasteiger partial charge in [-0.1, -0.05) is 49.7 Å². The van der Waals surface area contributed by atoms with Gasteiger partial charge in [0, 0.05) is 39.9 Å². The Morgan fingerprint density at radius 1 is 1.07 bits per heavy atom. The molecular weight excluding hydrogens is 368 g/mol. The zero-order valence-corrected chi connectivity index (χ0v) is 16.7. The average molecular weight is 389 g/mol. The molecule has 0 fully saturated rings. The number of allylic oxidation sites excluding steroid dienone is 1. The van der Waals surface area contributed by atoms with Crippen molar-refractivity contribution in [3.63, 3.8) is 0 Å². The molecule has 0 amide bonds. The predicted molar refractivity (Wildman–Crippen MR) is 115 cm³/mol. The Hall–Kier alpha value is -2.65. The molecule has 3 nitrogen and oxygen atoms in total. The first-order chi connectivity index (χ1) is 13.4. The molecule has 28 heavy (non-hydrogen) atoms. The van der Waals surface area contributed by atoms with Gasteiger partial charge in [-0.15, -0.1) is 0 Å². The van der Waals surface area contributed by atoms with E-state index < -0.39 is 0 Å². The van der Waals surface area contributed by atoms with Gasteiger partial charge < -0.3 is 5.32 Å². The van der Waals surface area contributed by atoms with Crippen LogP contribution in [0.4, 0.5) is 5.69 Å². The zero-order valence-electron chi connectivity index (χ0n) is 15.9. The number of Topliss-reactive ketones (excluding diaryl/α,β-unsaturated/α-hetero) is 1. The van der Waals surface area contributed by atoms with Crippen LogP contribution in [0.1, 0.15) is 43.9 Å². The summed E-state index contributed by atoms with van der Waals surface area (Å²) in [5.41, 5.74) is 5.97. The normalized spacial score (nSPS) is 20.5. The second kappa shape index (κ2) is 6.18. The molecule has 0 saturated carbocycles. The van der Waals surface area contributed by atoms with E-state index in [9.17, 15) is 4.79 Å². The molecule has 2 aromatic carbocycles. The SMILES string of the molecule is CC1(C)CC(=O)C2=C(C1)c1c(ccc3ncccc13)N[C@@H]2c1ccccc1Cl. The molecular formula is C24H21ClN2O. The number of nitrogens with one attached hydrogen (secondary N) is 1. The van der Waals surface area contributed by atoms with Gasteiger partial charge in [0.1, 0.15) is 0 Å². The van der Waals surface area contributed by atoms with Crippen molar-refractivity contribution in [2.24, 2.45) is 5.41 Å². The van der Waals surface area contributed by atoms with Gasteiger partial charge in [0.05, 0.1) is 11.6 Å². The van der Waals surface area contributed by atoms with Crippen molar-refractivity contribution < 1.29 is 4.79 Å². The van der Waals surface area contributed by atoms with Crippen LogP contribution in [0.2, 0.25) is 5.02 Å². The van der Waals surface area contributed by atoms with Crippen molar-refractivity contribution in [2.75, 3.05) is 5.32 Å². The average Bonchev–Trinajstić information content (AvgIpc) is 2.66. The fourth-order valence-corrected chi connectivity index (χ4v) is 4.91. The van der Waals surface area contributed by atoms with Crippen molar-refractivity contribution in [2.45, 2.75) is 32.7 Å². The number of nitrogens with zero attached hydrogens (tertiary/aromatic N) is 1. The van der Waals surface area contributed by atoms with E-state index in [2.05, 4.69) is 36.3 Å². The molecule has 0 radical (unpaired) electrons. The highest BCUT2D eigenvalue weighted by atomic mass is 35.5. The number of rotatable bonds is 1. The van der Waals surface area contributed by atoms with Crippen molar-refractivity contribution in [1.29, 1.82) is 0 Å². The number of aromatic nitrogens is 1. The lowest BCUT2D eigenvalue weighted by atomic mass is 9.68. The molecule has 1 N–H and O–H groups in total. The molecule has 2 aliphatic rings. The monoisotopic (exact) mass is 388 g/mol. The topological polar surface area (TPSA) is 42.0 Å². The first kappa shape index (κ1) is 17.4. The summed E-state index contributed by atoms with van der Waals surface area (Å²) in [5, 5.41) is 5.37. The third-order valence-electron chi connectivity index (χ3n) is 5.81. The number of carbonyl (C=O) groups excluding carboxylic acids is 1. The fourth-order valence-electron chi connectivity index (χ4n) is 4.66. The summed E-state index contributed by atoms with van der Waals surface area (Å²) in [6, 6.07) is 15.7. The van der Waals surface area contributed by atoms with Crippen LogP contribution in [0.15, 0.2) is 60.3 Å². The highest BCUT2D eigenvalue weighted by Gasteiger charge is 2.41. The van der Waals surface area contributed by atoms with Crippen LogP contribution >= 0.6 is 11.6 Å². The van der Waals surface area contributed by atoms with Gasteiger partial charge in [-0.2, -0.15) is 0 Å². The van der Waals surface area contributed by atoms with E-state index in [0.717, 1.165) is 45.3 Å². The van der Waals surface area contributed by atoms with E-state index >= 15 is 0 Å². The summed E-state index contributed by atoms with van der Waals surface area (Å²) >= 11 is 6.53. The molecule has 140 valence electrons. The number of carbonyl (C=O) groups is 1. The van der Waals surface area contributed by atoms with Gasteiger partial charge >= 0.3 is 0 Å². The molecule has 4 heteroatoms. The lowest BCUT2D eigenvalue weighted by Gasteiger charge is -2.40. The second-order valence-corrected chi connectivity index (χ2v) is 8.90. The van der Waals surface area contributed by atoms with Gasteiger partial charge in [0.2, 0.25) is 0 Å². The van der Waals surface area contributed by atoms with Crippen LogP contribution in [-0.2, 0) is 4.79 Å². The van der Waals surface area contributed by atoms with Crippen LogP contribution in [0, 0.1) is 5.41 Å². The Morgan fingerprint density at radius 2 is 1.89 bits per heavy atom. The van der Waals surface area contributed by atoms with E-state index in [-0.39, 0.29) is 17.2 Å². The molecule has 0 unspecified atom stereocenters. The van der Waals surface area contributed by atoms with Crippen LogP contribution in [0.5, 0.6) is 0 Å². The molecule has 0 spiro atoms. The van der Waals surface area contributed by atoms with Crippen molar-refractivity contribution in [3.05, 3.63) is 76.5 Å². The quantitative estimate of drug-likeness (QED) is 0.539. The number of benzene rings is 2. The summed E-state index contributed by atoms with van der Waals surface area (Å²) in [6.45, 7) is 4.34. The molecule has 0 saturated heterocycles. The molecule has 5 rings (SSSR count). The van der Waals surface area contributed by atoms with Gasteiger partial charge in [-0.3, -0.25) is 9.78 Å². The van der Waals surface area contributed by atoms with E-state index in [4.69, 9.17) is 11.6 Å². The number of ketones is 1. The van der Waals surface area contributed by atoms with Crippen molar-refractivity contribution in [3.8, 4) is 0 Å². The first-order valence-corrected chi connectivity index (χ1v) is 9.98. The standard InChI is InChI=1S/C24H21ClN2O/c1-24(2)12-16-21-15-7-5-11-26-18(15)9-10-19(21)27-23(22(16)20(28)13-24)14-6-3-4-8-17(14)25/h3-11,23,27H,12-13H2,1-2H3/t23-/m1/s1. The van der Waals surface area contributed by atoms with Gasteiger partial charge in [-0.25, -0.2) is 0 Å². The van der Waals surface area contributed by atoms with Crippen LogP contribution in [0.3, 0.4) is 0 Å². The lowest BCUT2D eigenvalue weighted by Crippen LogP contribution is -2.33. The van der Waals surface area contributed by atoms with Crippen molar-refractivity contribution >= 4 is 39.5 Å². The fraction of sp³-hybridized carbons (Fsp3) is 0.250. The Kier molecular flexibility index (Phi) is 3.85. The predicted octanol–water partition coefficient (Wildman–Crippen LogP) is 6.20. The Bertz CT molecular complexity index is 1160. The van der Waals surface area contributed by atoms with Crippen LogP contribution in [-0.4, -0.2) is 10.8 Å². The summed E-state index contributed by atoms with van der Waals surface area (Å²) in [6.07, 6.45) is 3.22. The van der Waals surface area contributed by atoms with Crippen LogP contribution < -0.4 is 5.32 Å². The molecule has 1 aliphatic carbocycles. The molecule has 3 aromatic rings. The Labute approximate surface area is 169 Å². The Balaban J connectivity index is 1.83. The third-order valence-corrected chi connectivity index (χ3v) is 6.16. The molecule has 1 aromatic heterocycles. The number of halogens is 1. The number of anilines is 1. The third kappa shape index (κ3) is 2.65. The molecule has 1 aliphatic heterocycles. The number of hydrogen-bond donors (Lipinski definition) is 1. The maximum absolute atomic E-state index is 13.3. The van der Waals surface area contributed by atoms with Crippen molar-refractivity contribution in [1.82, 2.24) is 4.98 Å². The highest BCUT2D eigenvalue weighted by Crippen LogP contribution is 2.52. The number of pyridine rings is 1. The summed E-state index contributed by atoms with van der Waals surface area (Å²) in [4.78, 5) is 17.8. The number of hydrogen-bond acceptors (Lipinski definition) is 3. The first-order valence-electron chi connectivity index (χ1n) is 9.60. The van der Waals surface area contributed by atoms with Gasteiger partial charge in [-0.05, 0) is 47.2 Å². The van der Waals surface area contributed by atoms with E-state index in [1.165, 1.54) is 0 Å². The van der Waals surface area contributed by atoms with Gasteiger partial charge in [0.15, 0.2) is 5.78 Å². The maximum Gasteiger partial charge on any atom is 0.162 e. The zero-order chi connectivity index (χ0) is 19.5. The molecule has 2 heterocycles. The smallest absolute Gasteiger partial charge is 0.162 e. The Morgan fingerprint density at radius 3 is 2.71 bits per heavy atom. The van der Waals surface area contributed by atoms with E-state index in [0.29, 0.717) is 11.4 Å². The lowest BCUT2D eigenvalue weighted by molar-refractivity contribution is -0.118. The number of fused-ring (bicyclic) bond motifs is 4. The summed E-state index contributed by atoms with van der Waals surface area (Å²) < 4.78 is 0.